The number of hydrogen-bond acceptors (Lipinski definition) is 4. The van der Waals surface area contributed by atoms with Crippen molar-refractivity contribution >= 4 is 33.4 Å². The van der Waals surface area contributed by atoms with Crippen molar-refractivity contribution in [2.24, 2.45) is 0 Å². The van der Waals surface area contributed by atoms with Crippen LogP contribution in [0.4, 0.5) is 5.69 Å². The van der Waals surface area contributed by atoms with Gasteiger partial charge < -0.3 is 5.32 Å². The van der Waals surface area contributed by atoms with Crippen molar-refractivity contribution in [2.75, 3.05) is 11.0 Å². The number of thioether (sulfide) groups is 1. The molecule has 0 heterocycles. The van der Waals surface area contributed by atoms with Gasteiger partial charge in [0.25, 0.3) is 10.0 Å². The first-order valence-electron chi connectivity index (χ1n) is 10.4. The van der Waals surface area contributed by atoms with Crippen molar-refractivity contribution < 1.29 is 13.2 Å². The zero-order valence-corrected chi connectivity index (χ0v) is 20.1. The second-order valence-corrected chi connectivity index (χ2v) is 10.2. The molecule has 0 unspecified atom stereocenters. The first-order chi connectivity index (χ1) is 15.3. The standard InChI is InChI=1S/C25H28N2O3S2/c1-18-4-11-22(12-5-18)27-32(29,30)24-15-6-20(7-16-24)8-17-25(28)26-19(2)21-9-13-23(31-3)14-10-21/h4-7,9-16,19,27H,8,17H2,1-3H3,(H,26,28)/t19-/m1/s1. The summed E-state index contributed by atoms with van der Waals surface area (Å²) in [5.74, 6) is -0.0378. The maximum absolute atomic E-state index is 12.6. The normalized spacial score (nSPS) is 12.2. The van der Waals surface area contributed by atoms with Crippen LogP contribution in [0.25, 0.3) is 0 Å². The minimum absolute atomic E-state index is 0.0378. The maximum Gasteiger partial charge on any atom is 0.261 e. The second kappa shape index (κ2) is 10.7. The van der Waals surface area contributed by atoms with Crippen LogP contribution in [0.1, 0.15) is 36.1 Å². The molecule has 0 saturated heterocycles. The van der Waals surface area contributed by atoms with Crippen LogP contribution >= 0.6 is 11.8 Å². The number of aryl methyl sites for hydroxylation is 2. The van der Waals surface area contributed by atoms with E-state index >= 15 is 0 Å². The van der Waals surface area contributed by atoms with Crippen molar-refractivity contribution in [3.05, 3.63) is 89.5 Å². The van der Waals surface area contributed by atoms with Crippen LogP contribution in [-0.4, -0.2) is 20.6 Å². The topological polar surface area (TPSA) is 75.3 Å². The molecule has 0 spiro atoms. The van der Waals surface area contributed by atoms with E-state index in [4.69, 9.17) is 0 Å². The molecule has 7 heteroatoms. The summed E-state index contributed by atoms with van der Waals surface area (Å²) in [4.78, 5) is 13.7. The molecule has 3 aromatic rings. The van der Waals surface area contributed by atoms with Gasteiger partial charge in [0.1, 0.15) is 0 Å². The number of benzene rings is 3. The number of sulfonamides is 1. The quantitative estimate of drug-likeness (QED) is 0.416. The van der Waals surface area contributed by atoms with Gasteiger partial charge >= 0.3 is 0 Å². The fraction of sp³-hybridized carbons (Fsp3) is 0.240. The summed E-state index contributed by atoms with van der Waals surface area (Å²) in [5.41, 5.74) is 3.55. The van der Waals surface area contributed by atoms with E-state index in [-0.39, 0.29) is 16.8 Å². The van der Waals surface area contributed by atoms with E-state index in [0.29, 0.717) is 18.5 Å². The van der Waals surface area contributed by atoms with Gasteiger partial charge in [-0.3, -0.25) is 9.52 Å². The summed E-state index contributed by atoms with van der Waals surface area (Å²) in [7, 11) is -3.66. The molecule has 32 heavy (non-hydrogen) atoms. The summed E-state index contributed by atoms with van der Waals surface area (Å²) in [6, 6.07) is 21.9. The molecule has 0 bridgehead atoms. The Kier molecular flexibility index (Phi) is 7.99. The lowest BCUT2D eigenvalue weighted by Gasteiger charge is -2.15. The van der Waals surface area contributed by atoms with Crippen molar-refractivity contribution in [2.45, 2.75) is 42.5 Å². The molecule has 0 aliphatic heterocycles. The largest absolute Gasteiger partial charge is 0.350 e. The number of rotatable bonds is 9. The van der Waals surface area contributed by atoms with Crippen LogP contribution < -0.4 is 10.0 Å². The minimum atomic E-state index is -3.66. The molecule has 0 fully saturated rings. The molecule has 0 radical (unpaired) electrons. The number of anilines is 1. The third kappa shape index (κ3) is 6.61. The first kappa shape index (κ1) is 23.9. The van der Waals surface area contributed by atoms with Crippen molar-refractivity contribution in [1.82, 2.24) is 5.32 Å². The van der Waals surface area contributed by atoms with Gasteiger partial charge in [-0.2, -0.15) is 0 Å². The Morgan fingerprint density at radius 2 is 1.56 bits per heavy atom. The number of amides is 1. The van der Waals surface area contributed by atoms with Crippen LogP contribution in [0.3, 0.4) is 0 Å². The van der Waals surface area contributed by atoms with E-state index in [1.54, 1.807) is 48.2 Å². The Bertz CT molecular complexity index is 1140. The van der Waals surface area contributed by atoms with Crippen LogP contribution in [-0.2, 0) is 21.2 Å². The molecule has 0 aliphatic carbocycles. The zero-order valence-electron chi connectivity index (χ0n) is 18.5. The van der Waals surface area contributed by atoms with Gasteiger partial charge in [-0.15, -0.1) is 11.8 Å². The summed E-state index contributed by atoms with van der Waals surface area (Å²) in [6.45, 7) is 3.91. The van der Waals surface area contributed by atoms with Gasteiger partial charge in [0.15, 0.2) is 0 Å². The summed E-state index contributed by atoms with van der Waals surface area (Å²) in [5, 5.41) is 3.02. The fourth-order valence-corrected chi connectivity index (χ4v) is 4.69. The lowest BCUT2D eigenvalue weighted by Crippen LogP contribution is -2.26. The number of carbonyl (C=O) groups is 1. The van der Waals surface area contributed by atoms with Gasteiger partial charge in [0, 0.05) is 17.0 Å². The van der Waals surface area contributed by atoms with Gasteiger partial charge in [0.05, 0.1) is 10.9 Å². The summed E-state index contributed by atoms with van der Waals surface area (Å²) in [6.07, 6.45) is 2.90. The van der Waals surface area contributed by atoms with Crippen LogP contribution in [0.2, 0.25) is 0 Å². The molecule has 1 atom stereocenters. The second-order valence-electron chi connectivity index (χ2n) is 7.68. The highest BCUT2D eigenvalue weighted by Crippen LogP contribution is 2.20. The number of nitrogens with one attached hydrogen (secondary N) is 2. The molecule has 168 valence electrons. The molecule has 5 nitrogen and oxygen atoms in total. The van der Waals surface area contributed by atoms with Crippen LogP contribution in [0.15, 0.2) is 82.6 Å². The monoisotopic (exact) mass is 468 g/mol. The number of carbonyl (C=O) groups excluding carboxylic acids is 1. The van der Waals surface area contributed by atoms with E-state index in [1.165, 1.54) is 4.90 Å². The summed E-state index contributed by atoms with van der Waals surface area (Å²) < 4.78 is 27.7. The van der Waals surface area contributed by atoms with Gasteiger partial charge in [-0.05, 0) is 74.0 Å². The first-order valence-corrected chi connectivity index (χ1v) is 13.1. The average Bonchev–Trinajstić information content (AvgIpc) is 2.79. The van der Waals surface area contributed by atoms with Crippen LogP contribution in [0, 0.1) is 6.92 Å². The molecular formula is C25H28N2O3S2. The fourth-order valence-electron chi connectivity index (χ4n) is 3.22. The third-order valence-corrected chi connectivity index (χ3v) is 7.31. The van der Waals surface area contributed by atoms with Gasteiger partial charge in [-0.25, -0.2) is 8.42 Å². The SMILES string of the molecule is CSc1ccc([C@@H](C)NC(=O)CCc2ccc(S(=O)(=O)Nc3ccc(C)cc3)cc2)cc1. The van der Waals surface area contributed by atoms with E-state index in [2.05, 4.69) is 10.0 Å². The lowest BCUT2D eigenvalue weighted by atomic mass is 10.1. The molecule has 2 N–H and O–H groups in total. The Balaban J connectivity index is 1.53. The summed E-state index contributed by atoms with van der Waals surface area (Å²) >= 11 is 1.68. The van der Waals surface area contributed by atoms with Crippen molar-refractivity contribution in [3.8, 4) is 0 Å². The van der Waals surface area contributed by atoms with E-state index < -0.39 is 10.0 Å². The molecule has 0 saturated carbocycles. The Morgan fingerprint density at radius 3 is 2.16 bits per heavy atom. The number of hydrogen-bond donors (Lipinski definition) is 2. The smallest absolute Gasteiger partial charge is 0.261 e. The average molecular weight is 469 g/mol. The predicted octanol–water partition coefficient (Wildman–Crippen LogP) is 5.33. The lowest BCUT2D eigenvalue weighted by molar-refractivity contribution is -0.121. The third-order valence-electron chi connectivity index (χ3n) is 5.17. The van der Waals surface area contributed by atoms with E-state index in [1.807, 2.05) is 56.5 Å². The molecule has 0 aromatic heterocycles. The molecule has 1 amide bonds. The highest BCUT2D eigenvalue weighted by molar-refractivity contribution is 7.98. The zero-order chi connectivity index (χ0) is 23.1. The van der Waals surface area contributed by atoms with Crippen LogP contribution in [0.5, 0.6) is 0 Å². The Morgan fingerprint density at radius 1 is 0.938 bits per heavy atom. The highest BCUT2D eigenvalue weighted by Gasteiger charge is 2.14. The van der Waals surface area contributed by atoms with Gasteiger partial charge in [0.2, 0.25) is 5.91 Å². The van der Waals surface area contributed by atoms with Crippen molar-refractivity contribution in [1.29, 1.82) is 0 Å². The predicted molar refractivity (Wildman–Crippen MR) is 132 cm³/mol. The van der Waals surface area contributed by atoms with Gasteiger partial charge in [-0.1, -0.05) is 42.0 Å². The Hall–Kier alpha value is -2.77. The van der Waals surface area contributed by atoms with E-state index in [9.17, 15) is 13.2 Å². The minimum Gasteiger partial charge on any atom is -0.350 e. The van der Waals surface area contributed by atoms with E-state index in [0.717, 1.165) is 16.7 Å². The molecule has 0 aliphatic rings. The molecular weight excluding hydrogens is 440 g/mol. The highest BCUT2D eigenvalue weighted by atomic mass is 32.2. The maximum atomic E-state index is 12.6. The Labute approximate surface area is 194 Å². The van der Waals surface area contributed by atoms with Crippen molar-refractivity contribution in [3.63, 3.8) is 0 Å². The molecule has 3 aromatic carbocycles. The molecule has 3 rings (SSSR count).